The lowest BCUT2D eigenvalue weighted by molar-refractivity contribution is -0.384. The summed E-state index contributed by atoms with van der Waals surface area (Å²) in [5.41, 5.74) is 0.443. The molecule has 10 nitrogen and oxygen atoms in total. The number of ether oxygens (including phenoxy) is 1. The van der Waals surface area contributed by atoms with Crippen LogP contribution in [0.3, 0.4) is 0 Å². The normalized spacial score (nSPS) is 17.7. The third kappa shape index (κ3) is 4.32. The van der Waals surface area contributed by atoms with Crippen LogP contribution in [0.25, 0.3) is 0 Å². The minimum Gasteiger partial charge on any atom is -0.462 e. The molecule has 0 bridgehead atoms. The van der Waals surface area contributed by atoms with Crippen molar-refractivity contribution >= 4 is 35.1 Å². The maximum absolute atomic E-state index is 13.2. The molecule has 1 heterocycles. The molecule has 1 saturated heterocycles. The van der Waals surface area contributed by atoms with Crippen LogP contribution in [0.1, 0.15) is 46.9 Å². The van der Waals surface area contributed by atoms with Crippen LogP contribution in [0.15, 0.2) is 48.5 Å². The summed E-state index contributed by atoms with van der Waals surface area (Å²) in [7, 11) is 0. The molecule has 10 heteroatoms. The minimum absolute atomic E-state index is 0.0913. The van der Waals surface area contributed by atoms with Crippen LogP contribution in [-0.4, -0.2) is 52.2 Å². The van der Waals surface area contributed by atoms with E-state index in [0.29, 0.717) is 18.5 Å². The van der Waals surface area contributed by atoms with Crippen molar-refractivity contribution in [2.75, 3.05) is 11.5 Å². The zero-order valence-electron chi connectivity index (χ0n) is 17.8. The first kappa shape index (κ1) is 22.1. The van der Waals surface area contributed by atoms with Gasteiger partial charge in [0, 0.05) is 23.7 Å². The van der Waals surface area contributed by atoms with Crippen LogP contribution >= 0.6 is 0 Å². The second kappa shape index (κ2) is 8.81. The van der Waals surface area contributed by atoms with E-state index in [4.69, 9.17) is 4.74 Å². The van der Waals surface area contributed by atoms with Crippen molar-refractivity contribution in [2.24, 2.45) is 0 Å². The first-order valence-corrected chi connectivity index (χ1v) is 10.5. The van der Waals surface area contributed by atoms with E-state index >= 15 is 0 Å². The molecule has 3 amide bonds. The van der Waals surface area contributed by atoms with E-state index in [1.165, 1.54) is 53.4 Å². The number of hydrogen-bond acceptors (Lipinski definition) is 7. The van der Waals surface area contributed by atoms with Crippen LogP contribution in [-0.2, 0) is 14.3 Å². The fraction of sp³-hybridized carbons (Fsp3) is 0.304. The van der Waals surface area contributed by atoms with E-state index in [1.54, 1.807) is 6.92 Å². The first-order valence-electron chi connectivity index (χ1n) is 10.5. The summed E-state index contributed by atoms with van der Waals surface area (Å²) in [6.07, 6.45) is 1.19. The number of rotatable bonds is 7. The largest absolute Gasteiger partial charge is 0.462 e. The van der Waals surface area contributed by atoms with Crippen molar-refractivity contribution in [1.29, 1.82) is 0 Å². The standard InChI is InChI=1S/C23H21N3O7/c1-2-33-23(30)14-6-8-17(9-7-14)25-20(27)13-19(22(25)29)24(16-10-11-16)21(28)15-4-3-5-18(12-15)26(31)32/h3-9,12,16,19H,2,10-11,13H2,1H3. The molecule has 0 radical (unpaired) electrons. The Labute approximate surface area is 188 Å². The molecule has 2 aromatic rings. The number of nitro benzene ring substituents is 1. The van der Waals surface area contributed by atoms with E-state index in [2.05, 4.69) is 0 Å². The van der Waals surface area contributed by atoms with Gasteiger partial charge in [0.15, 0.2) is 0 Å². The monoisotopic (exact) mass is 451 g/mol. The lowest BCUT2D eigenvalue weighted by Gasteiger charge is -2.27. The van der Waals surface area contributed by atoms with Crippen molar-refractivity contribution in [3.05, 3.63) is 69.8 Å². The van der Waals surface area contributed by atoms with Gasteiger partial charge in [-0.1, -0.05) is 6.07 Å². The average molecular weight is 451 g/mol. The summed E-state index contributed by atoms with van der Waals surface area (Å²) in [6, 6.07) is 10.0. The molecule has 0 N–H and O–H groups in total. The highest BCUT2D eigenvalue weighted by Gasteiger charge is 2.49. The molecule has 1 atom stereocenters. The number of non-ortho nitro benzene ring substituents is 1. The van der Waals surface area contributed by atoms with Crippen LogP contribution < -0.4 is 4.90 Å². The molecule has 1 aliphatic heterocycles. The van der Waals surface area contributed by atoms with Crippen molar-refractivity contribution in [1.82, 2.24) is 4.90 Å². The number of nitrogens with zero attached hydrogens (tertiary/aromatic N) is 3. The summed E-state index contributed by atoms with van der Waals surface area (Å²) >= 11 is 0. The van der Waals surface area contributed by atoms with Crippen molar-refractivity contribution in [3.8, 4) is 0 Å². The van der Waals surface area contributed by atoms with Gasteiger partial charge in [0.05, 0.1) is 29.2 Å². The van der Waals surface area contributed by atoms with Crippen molar-refractivity contribution < 1.29 is 28.8 Å². The Morgan fingerprint density at radius 2 is 1.82 bits per heavy atom. The predicted molar refractivity (Wildman–Crippen MR) is 116 cm³/mol. The molecule has 2 aliphatic rings. The van der Waals surface area contributed by atoms with E-state index < -0.39 is 34.7 Å². The summed E-state index contributed by atoms with van der Waals surface area (Å²) in [5.74, 6) is -2.05. The highest BCUT2D eigenvalue weighted by Crippen LogP contribution is 2.35. The molecule has 170 valence electrons. The molecular weight excluding hydrogens is 430 g/mol. The van der Waals surface area contributed by atoms with Crippen LogP contribution in [0, 0.1) is 10.1 Å². The van der Waals surface area contributed by atoms with Gasteiger partial charge in [0.1, 0.15) is 6.04 Å². The maximum atomic E-state index is 13.2. The van der Waals surface area contributed by atoms with E-state index in [-0.39, 0.29) is 35.9 Å². The van der Waals surface area contributed by atoms with Gasteiger partial charge < -0.3 is 9.64 Å². The fourth-order valence-corrected chi connectivity index (χ4v) is 3.88. The molecule has 0 aromatic heterocycles. The number of carbonyl (C=O) groups excluding carboxylic acids is 4. The summed E-state index contributed by atoms with van der Waals surface area (Å²) in [6.45, 7) is 1.91. The Kier molecular flexibility index (Phi) is 5.91. The first-order chi connectivity index (χ1) is 15.8. The third-order valence-corrected chi connectivity index (χ3v) is 5.57. The van der Waals surface area contributed by atoms with E-state index in [0.717, 1.165) is 4.90 Å². The van der Waals surface area contributed by atoms with Crippen LogP contribution in [0.4, 0.5) is 11.4 Å². The molecule has 2 fully saturated rings. The Morgan fingerprint density at radius 3 is 2.42 bits per heavy atom. The summed E-state index contributed by atoms with van der Waals surface area (Å²) < 4.78 is 4.94. The number of anilines is 1. The molecule has 1 saturated carbocycles. The number of benzene rings is 2. The number of nitro groups is 1. The zero-order valence-corrected chi connectivity index (χ0v) is 17.8. The Bertz CT molecular complexity index is 1140. The lowest BCUT2D eigenvalue weighted by Crippen LogP contribution is -2.46. The van der Waals surface area contributed by atoms with E-state index in [9.17, 15) is 29.3 Å². The number of carbonyl (C=O) groups is 4. The summed E-state index contributed by atoms with van der Waals surface area (Å²) in [4.78, 5) is 64.0. The summed E-state index contributed by atoms with van der Waals surface area (Å²) in [5, 5.41) is 11.1. The molecular formula is C23H21N3O7. The maximum Gasteiger partial charge on any atom is 0.338 e. The van der Waals surface area contributed by atoms with Gasteiger partial charge in [-0.3, -0.25) is 24.5 Å². The fourth-order valence-electron chi connectivity index (χ4n) is 3.88. The second-order valence-electron chi connectivity index (χ2n) is 7.81. The lowest BCUT2D eigenvalue weighted by atomic mass is 10.1. The number of esters is 1. The second-order valence-corrected chi connectivity index (χ2v) is 7.81. The Morgan fingerprint density at radius 1 is 1.12 bits per heavy atom. The molecule has 1 unspecified atom stereocenters. The van der Waals surface area contributed by atoms with Crippen molar-refractivity contribution in [2.45, 2.75) is 38.3 Å². The van der Waals surface area contributed by atoms with Gasteiger partial charge in [0.25, 0.3) is 17.5 Å². The minimum atomic E-state index is -0.999. The van der Waals surface area contributed by atoms with Crippen LogP contribution in [0.2, 0.25) is 0 Å². The van der Waals surface area contributed by atoms with Gasteiger partial charge in [-0.25, -0.2) is 9.69 Å². The van der Waals surface area contributed by atoms with Gasteiger partial charge in [-0.15, -0.1) is 0 Å². The number of imide groups is 1. The third-order valence-electron chi connectivity index (χ3n) is 5.57. The Hall–Kier alpha value is -4.08. The molecule has 33 heavy (non-hydrogen) atoms. The average Bonchev–Trinajstić information content (AvgIpc) is 3.59. The molecule has 0 spiro atoms. The topological polar surface area (TPSA) is 127 Å². The zero-order chi connectivity index (χ0) is 23.7. The highest BCUT2D eigenvalue weighted by molar-refractivity contribution is 6.23. The van der Waals surface area contributed by atoms with Gasteiger partial charge in [0.2, 0.25) is 5.91 Å². The predicted octanol–water partition coefficient (Wildman–Crippen LogP) is 2.71. The van der Waals surface area contributed by atoms with Gasteiger partial charge in [-0.05, 0) is 50.1 Å². The van der Waals surface area contributed by atoms with Gasteiger partial charge >= 0.3 is 5.97 Å². The van der Waals surface area contributed by atoms with Gasteiger partial charge in [-0.2, -0.15) is 0 Å². The molecule has 4 rings (SSSR count). The number of amides is 3. The van der Waals surface area contributed by atoms with Crippen molar-refractivity contribution in [3.63, 3.8) is 0 Å². The molecule has 2 aromatic carbocycles. The molecule has 1 aliphatic carbocycles. The van der Waals surface area contributed by atoms with Crippen LogP contribution in [0.5, 0.6) is 0 Å². The van der Waals surface area contributed by atoms with E-state index in [1.807, 2.05) is 0 Å². The highest BCUT2D eigenvalue weighted by atomic mass is 16.6. The number of hydrogen-bond donors (Lipinski definition) is 0. The quantitative estimate of drug-likeness (QED) is 0.274. The Balaban J connectivity index is 1.58. The SMILES string of the molecule is CCOC(=O)c1ccc(N2C(=O)CC(N(C(=O)c3cccc([N+](=O)[O-])c3)C3CC3)C2=O)cc1. The smallest absolute Gasteiger partial charge is 0.338 e.